The van der Waals surface area contributed by atoms with E-state index < -0.39 is 12.0 Å². The van der Waals surface area contributed by atoms with Crippen LogP contribution in [-0.2, 0) is 14.4 Å². The van der Waals surface area contributed by atoms with Crippen molar-refractivity contribution in [3.05, 3.63) is 11.6 Å². The molecule has 31 heavy (non-hydrogen) atoms. The van der Waals surface area contributed by atoms with E-state index in [9.17, 15) is 9.59 Å². The number of hydrogen-bond acceptors (Lipinski definition) is 5. The van der Waals surface area contributed by atoms with E-state index in [0.717, 1.165) is 30.9 Å². The Morgan fingerprint density at radius 2 is 1.87 bits per heavy atom. The van der Waals surface area contributed by atoms with Gasteiger partial charge in [-0.3, -0.25) is 4.79 Å². The standard InChI is InChI=1S/C26H40N2O3/c1-15(2)23(27)24(30)31-28-16(3)20-8-9-21-19-7-6-17-14-18(29)10-12-25(17,4)22(19)11-13-26(20,21)5/h14-15,19-23H,6-13,27H2,1-5H3/t19-,20+,21-,22-,23?,25-,26+/m0/s1. The molecule has 3 saturated carbocycles. The van der Waals surface area contributed by atoms with Gasteiger partial charge in [0.15, 0.2) is 5.78 Å². The Kier molecular flexibility index (Phi) is 5.95. The van der Waals surface area contributed by atoms with Gasteiger partial charge in [0.2, 0.25) is 0 Å². The maximum absolute atomic E-state index is 12.2. The van der Waals surface area contributed by atoms with E-state index in [1.807, 2.05) is 26.8 Å². The quantitative estimate of drug-likeness (QED) is 0.386. The highest BCUT2D eigenvalue weighted by molar-refractivity contribution is 5.91. The third-order valence-electron chi connectivity index (χ3n) is 9.74. The summed E-state index contributed by atoms with van der Waals surface area (Å²) in [7, 11) is 0. The van der Waals surface area contributed by atoms with E-state index in [0.29, 0.717) is 30.0 Å². The van der Waals surface area contributed by atoms with Crippen LogP contribution in [0.4, 0.5) is 0 Å². The summed E-state index contributed by atoms with van der Waals surface area (Å²) in [5.74, 6) is 2.38. The second kappa shape index (κ2) is 8.13. The van der Waals surface area contributed by atoms with Gasteiger partial charge in [0.25, 0.3) is 0 Å². The molecule has 4 aliphatic carbocycles. The predicted octanol–water partition coefficient (Wildman–Crippen LogP) is 5.04. The highest BCUT2D eigenvalue weighted by Crippen LogP contribution is 2.66. The predicted molar refractivity (Wildman–Crippen MR) is 122 cm³/mol. The molecule has 0 aromatic carbocycles. The van der Waals surface area contributed by atoms with E-state index in [-0.39, 0.29) is 16.7 Å². The van der Waals surface area contributed by atoms with Gasteiger partial charge in [-0.05, 0) is 92.4 Å². The van der Waals surface area contributed by atoms with Crippen molar-refractivity contribution in [1.29, 1.82) is 0 Å². The fourth-order valence-electron chi connectivity index (χ4n) is 7.76. The van der Waals surface area contributed by atoms with Crippen LogP contribution in [0.1, 0.15) is 86.0 Å². The van der Waals surface area contributed by atoms with Crippen LogP contribution in [0.25, 0.3) is 0 Å². The average Bonchev–Trinajstić information content (AvgIpc) is 3.09. The van der Waals surface area contributed by atoms with Crippen molar-refractivity contribution >= 4 is 17.5 Å². The van der Waals surface area contributed by atoms with Crippen molar-refractivity contribution < 1.29 is 14.4 Å². The van der Waals surface area contributed by atoms with Gasteiger partial charge in [0.1, 0.15) is 6.04 Å². The molecule has 0 saturated heterocycles. The van der Waals surface area contributed by atoms with Crippen LogP contribution in [0.3, 0.4) is 0 Å². The smallest absolute Gasteiger partial charge is 0.318 e. The summed E-state index contributed by atoms with van der Waals surface area (Å²) >= 11 is 0. The highest BCUT2D eigenvalue weighted by Gasteiger charge is 2.59. The van der Waals surface area contributed by atoms with Crippen LogP contribution in [0, 0.1) is 40.4 Å². The molecule has 0 bridgehead atoms. The van der Waals surface area contributed by atoms with Crippen LogP contribution in [-0.4, -0.2) is 23.5 Å². The van der Waals surface area contributed by atoms with Crippen molar-refractivity contribution in [1.82, 2.24) is 0 Å². The van der Waals surface area contributed by atoms with Crippen LogP contribution in [0.5, 0.6) is 0 Å². The number of nitrogens with two attached hydrogens (primary N) is 1. The molecule has 7 atom stereocenters. The zero-order valence-electron chi connectivity index (χ0n) is 19.9. The summed E-state index contributed by atoms with van der Waals surface area (Å²) in [6, 6.07) is -0.633. The van der Waals surface area contributed by atoms with E-state index in [1.54, 1.807) is 0 Å². The van der Waals surface area contributed by atoms with Gasteiger partial charge in [-0.1, -0.05) is 38.4 Å². The maximum Gasteiger partial charge on any atom is 0.351 e. The molecule has 2 N–H and O–H groups in total. The first-order valence-electron chi connectivity index (χ1n) is 12.3. The molecule has 0 spiro atoms. The van der Waals surface area contributed by atoms with Gasteiger partial charge in [-0.15, -0.1) is 0 Å². The van der Waals surface area contributed by atoms with Gasteiger partial charge >= 0.3 is 5.97 Å². The second-order valence-corrected chi connectivity index (χ2v) is 11.6. The fourth-order valence-corrected chi connectivity index (χ4v) is 7.76. The zero-order chi connectivity index (χ0) is 22.6. The van der Waals surface area contributed by atoms with E-state index in [2.05, 4.69) is 19.0 Å². The van der Waals surface area contributed by atoms with E-state index in [1.165, 1.54) is 31.3 Å². The van der Waals surface area contributed by atoms with Gasteiger partial charge in [0.05, 0.1) is 5.71 Å². The van der Waals surface area contributed by atoms with Gasteiger partial charge in [0, 0.05) is 12.3 Å². The molecule has 0 aliphatic heterocycles. The summed E-state index contributed by atoms with van der Waals surface area (Å²) in [6.07, 6.45) is 10.8. The highest BCUT2D eigenvalue weighted by atomic mass is 16.7. The number of hydrogen-bond donors (Lipinski definition) is 1. The number of fused-ring (bicyclic) bond motifs is 5. The first-order valence-corrected chi connectivity index (χ1v) is 12.3. The molecule has 1 unspecified atom stereocenters. The molecular formula is C26H40N2O3. The number of carbonyl (C=O) groups is 2. The monoisotopic (exact) mass is 428 g/mol. The molecule has 0 radical (unpaired) electrons. The molecule has 5 nitrogen and oxygen atoms in total. The van der Waals surface area contributed by atoms with Crippen LogP contribution in [0.2, 0.25) is 0 Å². The topological polar surface area (TPSA) is 81.8 Å². The van der Waals surface area contributed by atoms with E-state index in [4.69, 9.17) is 10.6 Å². The molecule has 5 heteroatoms. The van der Waals surface area contributed by atoms with Crippen molar-refractivity contribution in [3.8, 4) is 0 Å². The lowest BCUT2D eigenvalue weighted by atomic mass is 9.46. The Balaban J connectivity index is 1.51. The number of ketones is 1. The fraction of sp³-hybridized carbons (Fsp3) is 0.808. The minimum absolute atomic E-state index is 0.0355. The number of nitrogens with zero attached hydrogens (tertiary/aromatic N) is 1. The lowest BCUT2D eigenvalue weighted by molar-refractivity contribution is -0.146. The Bertz CT molecular complexity index is 815. The Hall–Kier alpha value is -1.49. The largest absolute Gasteiger partial charge is 0.351 e. The van der Waals surface area contributed by atoms with Crippen molar-refractivity contribution in [2.24, 2.45) is 51.3 Å². The third kappa shape index (κ3) is 3.71. The molecule has 0 aromatic rings. The summed E-state index contributed by atoms with van der Waals surface area (Å²) in [4.78, 5) is 29.4. The summed E-state index contributed by atoms with van der Waals surface area (Å²) in [5, 5.41) is 4.28. The molecule has 4 rings (SSSR count). The maximum atomic E-state index is 12.2. The Labute approximate surface area is 187 Å². The molecule has 172 valence electrons. The summed E-state index contributed by atoms with van der Waals surface area (Å²) in [5.41, 5.74) is 8.70. The molecular weight excluding hydrogens is 388 g/mol. The van der Waals surface area contributed by atoms with Crippen LogP contribution >= 0.6 is 0 Å². The molecule has 0 heterocycles. The average molecular weight is 429 g/mol. The van der Waals surface area contributed by atoms with Gasteiger partial charge in [-0.25, -0.2) is 4.79 Å². The number of carbonyl (C=O) groups excluding carboxylic acids is 2. The Morgan fingerprint density at radius 1 is 1.13 bits per heavy atom. The van der Waals surface area contributed by atoms with Crippen LogP contribution < -0.4 is 5.73 Å². The summed E-state index contributed by atoms with van der Waals surface area (Å²) < 4.78 is 0. The summed E-state index contributed by atoms with van der Waals surface area (Å²) in [6.45, 7) is 10.7. The number of rotatable bonds is 4. The van der Waals surface area contributed by atoms with Crippen molar-refractivity contribution in [3.63, 3.8) is 0 Å². The number of allylic oxidation sites excluding steroid dienone is 1. The number of oxime groups is 1. The first kappa shape index (κ1) is 22.7. The van der Waals surface area contributed by atoms with Gasteiger partial charge < -0.3 is 10.6 Å². The Morgan fingerprint density at radius 3 is 2.58 bits per heavy atom. The SMILES string of the molecule is CC(=NOC(=O)C(N)C(C)C)[C@H]1CC[C@H]2[C@@H]3CCC4=CC(=O)CC[C@]4(C)[C@H]3CC[C@]12C. The molecule has 0 aromatic heterocycles. The second-order valence-electron chi connectivity index (χ2n) is 11.6. The molecule has 3 fully saturated rings. The normalized spacial score (nSPS) is 41.2. The first-order chi connectivity index (χ1) is 14.6. The van der Waals surface area contributed by atoms with Gasteiger partial charge in [-0.2, -0.15) is 0 Å². The van der Waals surface area contributed by atoms with E-state index >= 15 is 0 Å². The molecule has 0 amide bonds. The van der Waals surface area contributed by atoms with Crippen molar-refractivity contribution in [2.75, 3.05) is 0 Å². The lowest BCUT2D eigenvalue weighted by Gasteiger charge is -2.58. The lowest BCUT2D eigenvalue weighted by Crippen LogP contribution is -2.51. The third-order valence-corrected chi connectivity index (χ3v) is 9.74. The molecule has 4 aliphatic rings. The zero-order valence-corrected chi connectivity index (χ0v) is 19.9. The minimum atomic E-state index is -0.633. The van der Waals surface area contributed by atoms with Crippen molar-refractivity contribution in [2.45, 2.75) is 92.0 Å². The minimum Gasteiger partial charge on any atom is -0.318 e. The van der Waals surface area contributed by atoms with Crippen LogP contribution in [0.15, 0.2) is 16.8 Å².